The van der Waals surface area contributed by atoms with Gasteiger partial charge in [-0.05, 0) is 36.8 Å². The maximum Gasteiger partial charge on any atom is 0.304 e. The van der Waals surface area contributed by atoms with Crippen LogP contribution in [-0.4, -0.2) is 34.3 Å². The molecule has 1 rings (SSSR count). The lowest BCUT2D eigenvalue weighted by molar-refractivity contribution is -0.136. The fraction of sp³-hybridized carbons (Fsp3) is 0.708. The fourth-order valence-corrected chi connectivity index (χ4v) is 5.80. The number of benzene rings is 1. The lowest BCUT2D eigenvalue weighted by Crippen LogP contribution is -2.03. The van der Waals surface area contributed by atoms with Crippen molar-refractivity contribution in [2.75, 3.05) is 18.1 Å². The Kier molecular flexibility index (Phi) is 15.9. The van der Waals surface area contributed by atoms with Gasteiger partial charge in [0.15, 0.2) is 0 Å². The summed E-state index contributed by atoms with van der Waals surface area (Å²) in [6, 6.07) is 5.28. The van der Waals surface area contributed by atoms with E-state index in [0.29, 0.717) is 12.4 Å². The molecule has 0 aliphatic heterocycles. The molecule has 0 aromatic heterocycles. The second-order valence-electron chi connectivity index (χ2n) is 7.62. The first-order valence-corrected chi connectivity index (χ1v) is 13.6. The highest BCUT2D eigenvalue weighted by Crippen LogP contribution is 2.45. The number of phenols is 1. The average molecular weight is 457 g/mol. The molecular weight excluding hydrogens is 416 g/mol. The smallest absolute Gasteiger partial charge is 0.304 e. The van der Waals surface area contributed by atoms with Crippen LogP contribution >= 0.6 is 23.5 Å². The first kappa shape index (κ1) is 27.0. The van der Waals surface area contributed by atoms with Gasteiger partial charge in [-0.25, -0.2) is 0 Å². The van der Waals surface area contributed by atoms with Gasteiger partial charge in [0, 0.05) is 11.3 Å². The van der Waals surface area contributed by atoms with E-state index in [1.165, 1.54) is 51.4 Å². The SMILES string of the molecule is CCCCCCCCCCCOc1ccc(O)cc1C(SCCC)SCCC(=O)O. The van der Waals surface area contributed by atoms with E-state index in [1.54, 1.807) is 35.7 Å². The van der Waals surface area contributed by atoms with Gasteiger partial charge in [-0.15, -0.1) is 23.5 Å². The second-order valence-corrected chi connectivity index (χ2v) is 10.3. The van der Waals surface area contributed by atoms with Crippen LogP contribution in [0.25, 0.3) is 0 Å². The van der Waals surface area contributed by atoms with E-state index in [9.17, 15) is 9.90 Å². The highest BCUT2D eigenvalue weighted by molar-refractivity contribution is 8.16. The number of hydrogen-bond donors (Lipinski definition) is 2. The van der Waals surface area contributed by atoms with Crippen LogP contribution in [0.1, 0.15) is 94.6 Å². The lowest BCUT2D eigenvalue weighted by atomic mass is 10.1. The lowest BCUT2D eigenvalue weighted by Gasteiger charge is -2.20. The van der Waals surface area contributed by atoms with Crippen LogP contribution in [0.4, 0.5) is 0 Å². The van der Waals surface area contributed by atoms with Gasteiger partial charge in [-0.1, -0.05) is 65.2 Å². The summed E-state index contributed by atoms with van der Waals surface area (Å²) in [6.07, 6.45) is 12.7. The van der Waals surface area contributed by atoms with Gasteiger partial charge in [0.25, 0.3) is 0 Å². The van der Waals surface area contributed by atoms with E-state index in [0.717, 1.165) is 29.9 Å². The van der Waals surface area contributed by atoms with Crippen molar-refractivity contribution in [2.24, 2.45) is 0 Å². The maximum atomic E-state index is 10.9. The maximum absolute atomic E-state index is 10.9. The Morgan fingerprint density at radius 2 is 1.57 bits per heavy atom. The third-order valence-corrected chi connectivity index (χ3v) is 7.82. The van der Waals surface area contributed by atoms with Crippen LogP contribution in [-0.2, 0) is 4.79 Å². The zero-order valence-corrected chi connectivity index (χ0v) is 20.4. The van der Waals surface area contributed by atoms with Crippen molar-refractivity contribution in [1.29, 1.82) is 0 Å². The zero-order valence-electron chi connectivity index (χ0n) is 18.7. The number of rotatable bonds is 19. The summed E-state index contributed by atoms with van der Waals surface area (Å²) in [7, 11) is 0. The normalized spacial score (nSPS) is 12.1. The summed E-state index contributed by atoms with van der Waals surface area (Å²) in [4.78, 5) is 10.9. The van der Waals surface area contributed by atoms with Crippen molar-refractivity contribution >= 4 is 29.5 Å². The van der Waals surface area contributed by atoms with Gasteiger partial charge in [0.05, 0.1) is 17.6 Å². The van der Waals surface area contributed by atoms with Crippen molar-refractivity contribution < 1.29 is 19.7 Å². The van der Waals surface area contributed by atoms with Crippen molar-refractivity contribution in [3.63, 3.8) is 0 Å². The summed E-state index contributed by atoms with van der Waals surface area (Å²) in [5, 5.41) is 18.9. The number of unbranched alkanes of at least 4 members (excludes halogenated alkanes) is 8. The molecule has 172 valence electrons. The summed E-state index contributed by atoms with van der Waals surface area (Å²) in [5.41, 5.74) is 0.958. The van der Waals surface area contributed by atoms with Crippen molar-refractivity contribution in [2.45, 2.75) is 89.1 Å². The number of aromatic hydroxyl groups is 1. The first-order valence-electron chi connectivity index (χ1n) is 11.5. The number of phenolic OH excluding ortho intramolecular Hbond substituents is 1. The molecule has 0 heterocycles. The monoisotopic (exact) mass is 456 g/mol. The van der Waals surface area contributed by atoms with Crippen LogP contribution in [0.2, 0.25) is 0 Å². The first-order chi connectivity index (χ1) is 14.6. The van der Waals surface area contributed by atoms with Gasteiger partial charge < -0.3 is 14.9 Å². The molecule has 0 saturated carbocycles. The minimum atomic E-state index is -0.778. The molecule has 0 radical (unpaired) electrons. The summed E-state index contributed by atoms with van der Waals surface area (Å²) in [5.74, 6) is 1.78. The van der Waals surface area contributed by atoms with Gasteiger partial charge in [0.2, 0.25) is 0 Å². The van der Waals surface area contributed by atoms with E-state index < -0.39 is 5.97 Å². The van der Waals surface area contributed by atoms with E-state index >= 15 is 0 Å². The van der Waals surface area contributed by atoms with Gasteiger partial charge >= 0.3 is 5.97 Å². The highest BCUT2D eigenvalue weighted by Gasteiger charge is 2.19. The third kappa shape index (κ3) is 12.6. The topological polar surface area (TPSA) is 66.8 Å². The van der Waals surface area contributed by atoms with Crippen LogP contribution in [0, 0.1) is 0 Å². The van der Waals surface area contributed by atoms with Gasteiger partial charge in [0.1, 0.15) is 11.5 Å². The average Bonchev–Trinajstić information content (AvgIpc) is 2.72. The molecule has 0 amide bonds. The number of ether oxygens (including phenoxy) is 1. The minimum Gasteiger partial charge on any atom is -0.508 e. The van der Waals surface area contributed by atoms with Crippen molar-refractivity contribution in [3.8, 4) is 11.5 Å². The summed E-state index contributed by atoms with van der Waals surface area (Å²) < 4.78 is 6.15. The van der Waals surface area contributed by atoms with E-state index in [1.807, 2.05) is 6.07 Å². The molecule has 1 aromatic rings. The number of carboxylic acid groups (broad SMARTS) is 1. The Hall–Kier alpha value is -1.01. The molecule has 6 heteroatoms. The van der Waals surface area contributed by atoms with Crippen LogP contribution in [0.15, 0.2) is 18.2 Å². The summed E-state index contributed by atoms with van der Waals surface area (Å²) in [6.45, 7) is 5.06. The fourth-order valence-electron chi connectivity index (χ4n) is 3.15. The number of carboxylic acids is 1. The Morgan fingerprint density at radius 3 is 2.20 bits per heavy atom. The van der Waals surface area contributed by atoms with E-state index in [4.69, 9.17) is 9.84 Å². The van der Waals surface area contributed by atoms with E-state index in [2.05, 4.69) is 13.8 Å². The molecular formula is C24H40O4S2. The Morgan fingerprint density at radius 1 is 0.933 bits per heavy atom. The molecule has 1 unspecified atom stereocenters. The Bertz CT molecular complexity index is 580. The second kappa shape index (κ2) is 17.6. The molecule has 1 atom stereocenters. The molecule has 0 aliphatic rings. The van der Waals surface area contributed by atoms with Crippen LogP contribution < -0.4 is 4.74 Å². The Labute approximate surface area is 191 Å². The quantitative estimate of drug-likeness (QED) is 0.165. The molecule has 0 saturated heterocycles. The standard InChI is InChI=1S/C24H40O4S2/c1-3-5-6-7-8-9-10-11-12-16-28-22-14-13-20(25)19-21(22)24(29-17-4-2)30-18-15-23(26)27/h13-14,19,24-25H,3-12,15-18H2,1-2H3,(H,26,27). The number of aliphatic carboxylic acids is 1. The predicted octanol–water partition coefficient (Wildman–Crippen LogP) is 7.65. The molecule has 1 aromatic carbocycles. The molecule has 0 bridgehead atoms. The van der Waals surface area contributed by atoms with Crippen LogP contribution in [0.5, 0.6) is 11.5 Å². The molecule has 4 nitrogen and oxygen atoms in total. The number of carbonyl (C=O) groups is 1. The molecule has 0 fully saturated rings. The molecule has 0 spiro atoms. The molecule has 30 heavy (non-hydrogen) atoms. The predicted molar refractivity (Wildman–Crippen MR) is 131 cm³/mol. The highest BCUT2D eigenvalue weighted by atomic mass is 32.2. The van der Waals surface area contributed by atoms with Crippen molar-refractivity contribution in [1.82, 2.24) is 0 Å². The Balaban J connectivity index is 2.49. The van der Waals surface area contributed by atoms with Gasteiger partial charge in [-0.3, -0.25) is 4.79 Å². The number of hydrogen-bond acceptors (Lipinski definition) is 5. The summed E-state index contributed by atoms with van der Waals surface area (Å²) >= 11 is 3.40. The largest absolute Gasteiger partial charge is 0.508 e. The van der Waals surface area contributed by atoms with Crippen molar-refractivity contribution in [3.05, 3.63) is 23.8 Å². The number of thioether (sulfide) groups is 2. The zero-order chi connectivity index (χ0) is 22.0. The minimum absolute atomic E-state index is 0.0644. The molecule has 2 N–H and O–H groups in total. The molecule has 0 aliphatic carbocycles. The van der Waals surface area contributed by atoms with E-state index in [-0.39, 0.29) is 16.8 Å². The van der Waals surface area contributed by atoms with Gasteiger partial charge in [-0.2, -0.15) is 0 Å². The third-order valence-electron chi connectivity index (χ3n) is 4.81. The van der Waals surface area contributed by atoms with Crippen LogP contribution in [0.3, 0.4) is 0 Å².